The number of hydrogen-bond acceptors (Lipinski definition) is 4. The molecule has 0 aliphatic carbocycles. The Labute approximate surface area is 131 Å². The fourth-order valence-corrected chi connectivity index (χ4v) is 3.27. The highest BCUT2D eigenvalue weighted by Gasteiger charge is 2.33. The number of ether oxygens (including phenoxy) is 1. The Morgan fingerprint density at radius 1 is 1.32 bits per heavy atom. The van der Waals surface area contributed by atoms with E-state index < -0.39 is 0 Å². The number of aromatic nitrogens is 3. The fraction of sp³-hybridized carbons (Fsp3) is 0.529. The molecule has 1 saturated heterocycles. The van der Waals surface area contributed by atoms with E-state index in [0.29, 0.717) is 5.92 Å². The summed E-state index contributed by atoms with van der Waals surface area (Å²) in [7, 11) is 2.00. The molecular formula is C17H24N4O. The van der Waals surface area contributed by atoms with Crippen molar-refractivity contribution >= 4 is 0 Å². The minimum absolute atomic E-state index is 0.165. The third-order valence-corrected chi connectivity index (χ3v) is 4.55. The third-order valence-electron chi connectivity index (χ3n) is 4.55. The van der Waals surface area contributed by atoms with Crippen molar-refractivity contribution in [2.75, 3.05) is 13.2 Å². The van der Waals surface area contributed by atoms with Crippen molar-refractivity contribution < 1.29 is 4.74 Å². The number of nitrogens with zero attached hydrogens (tertiary/aromatic N) is 3. The van der Waals surface area contributed by atoms with Crippen molar-refractivity contribution in [2.24, 2.45) is 13.0 Å². The summed E-state index contributed by atoms with van der Waals surface area (Å²) in [6, 6.07) is 4.09. The molecule has 2 aromatic rings. The molecule has 3 rings (SSSR count). The SMILES string of the molecule is Cc1nn(C)c(C)c1C1OCCC1CNCc1ccncc1. The molecule has 0 radical (unpaired) electrons. The Kier molecular flexibility index (Phi) is 4.55. The lowest BCUT2D eigenvalue weighted by atomic mass is 9.94. The predicted molar refractivity (Wildman–Crippen MR) is 85.4 cm³/mol. The summed E-state index contributed by atoms with van der Waals surface area (Å²) in [5, 5.41) is 8.08. The van der Waals surface area contributed by atoms with Crippen molar-refractivity contribution in [3.8, 4) is 0 Å². The third kappa shape index (κ3) is 3.05. The van der Waals surface area contributed by atoms with E-state index in [1.165, 1.54) is 16.8 Å². The van der Waals surface area contributed by atoms with Gasteiger partial charge in [-0.15, -0.1) is 0 Å². The molecule has 1 fully saturated rings. The molecule has 2 atom stereocenters. The van der Waals surface area contributed by atoms with Crippen LogP contribution in [-0.4, -0.2) is 27.9 Å². The first-order valence-corrected chi connectivity index (χ1v) is 7.88. The molecule has 0 amide bonds. The van der Waals surface area contributed by atoms with Crippen LogP contribution in [0.2, 0.25) is 0 Å². The van der Waals surface area contributed by atoms with Crippen molar-refractivity contribution in [1.29, 1.82) is 0 Å². The lowest BCUT2D eigenvalue weighted by Gasteiger charge is -2.20. The zero-order valence-electron chi connectivity index (χ0n) is 13.5. The van der Waals surface area contributed by atoms with Gasteiger partial charge in [-0.3, -0.25) is 9.67 Å². The van der Waals surface area contributed by atoms with E-state index in [-0.39, 0.29) is 6.10 Å². The lowest BCUT2D eigenvalue weighted by Crippen LogP contribution is -2.25. The molecule has 0 saturated carbocycles. The van der Waals surface area contributed by atoms with Crippen LogP contribution in [0.5, 0.6) is 0 Å². The number of nitrogens with one attached hydrogen (secondary N) is 1. The Balaban J connectivity index is 1.63. The zero-order valence-corrected chi connectivity index (χ0v) is 13.5. The van der Waals surface area contributed by atoms with Crippen LogP contribution in [-0.2, 0) is 18.3 Å². The van der Waals surface area contributed by atoms with Crippen LogP contribution in [0.4, 0.5) is 0 Å². The lowest BCUT2D eigenvalue weighted by molar-refractivity contribution is 0.0893. The van der Waals surface area contributed by atoms with E-state index in [1.54, 1.807) is 0 Å². The van der Waals surface area contributed by atoms with E-state index in [2.05, 4.69) is 29.2 Å². The van der Waals surface area contributed by atoms with Crippen molar-refractivity contribution in [3.63, 3.8) is 0 Å². The number of rotatable bonds is 5. The second-order valence-corrected chi connectivity index (χ2v) is 6.03. The highest BCUT2D eigenvalue weighted by Crippen LogP contribution is 2.37. The Bertz CT molecular complexity index is 623. The van der Waals surface area contributed by atoms with Crippen LogP contribution in [0.15, 0.2) is 24.5 Å². The van der Waals surface area contributed by atoms with Gasteiger partial charge < -0.3 is 10.1 Å². The summed E-state index contributed by atoms with van der Waals surface area (Å²) >= 11 is 0. The van der Waals surface area contributed by atoms with Gasteiger partial charge in [0.2, 0.25) is 0 Å². The molecule has 5 nitrogen and oxygen atoms in total. The van der Waals surface area contributed by atoms with Crippen LogP contribution in [0.1, 0.15) is 35.0 Å². The first kappa shape index (κ1) is 15.2. The van der Waals surface area contributed by atoms with Gasteiger partial charge >= 0.3 is 0 Å². The number of hydrogen-bond donors (Lipinski definition) is 1. The number of pyridine rings is 1. The minimum atomic E-state index is 0.165. The largest absolute Gasteiger partial charge is 0.373 e. The molecule has 1 N–H and O–H groups in total. The van der Waals surface area contributed by atoms with Crippen LogP contribution < -0.4 is 5.32 Å². The van der Waals surface area contributed by atoms with Gasteiger partial charge in [-0.1, -0.05) is 0 Å². The predicted octanol–water partition coefficient (Wildman–Crippen LogP) is 2.30. The topological polar surface area (TPSA) is 52.0 Å². The first-order valence-electron chi connectivity index (χ1n) is 7.88. The maximum atomic E-state index is 6.03. The van der Waals surface area contributed by atoms with Crippen molar-refractivity contribution in [2.45, 2.75) is 32.9 Å². The second kappa shape index (κ2) is 6.58. The molecule has 118 valence electrons. The highest BCUT2D eigenvalue weighted by molar-refractivity contribution is 5.28. The van der Waals surface area contributed by atoms with Crippen LogP contribution in [0, 0.1) is 19.8 Å². The monoisotopic (exact) mass is 300 g/mol. The van der Waals surface area contributed by atoms with Gasteiger partial charge in [0, 0.05) is 56.3 Å². The fourth-order valence-electron chi connectivity index (χ4n) is 3.27. The van der Waals surface area contributed by atoms with Crippen molar-refractivity contribution in [3.05, 3.63) is 47.0 Å². The van der Waals surface area contributed by atoms with Gasteiger partial charge in [0.25, 0.3) is 0 Å². The molecular weight excluding hydrogens is 276 g/mol. The standard InChI is InChI=1S/C17H24N4O/c1-12-16(13(2)21(3)20-12)17-15(6-9-22-17)11-19-10-14-4-7-18-8-5-14/h4-5,7-8,15,17,19H,6,9-11H2,1-3H3. The molecule has 1 aliphatic rings. The Hall–Kier alpha value is -1.72. The average molecular weight is 300 g/mol. The molecule has 2 aromatic heterocycles. The number of aryl methyl sites for hydroxylation is 2. The average Bonchev–Trinajstić information content (AvgIpc) is 3.05. The Morgan fingerprint density at radius 3 is 2.77 bits per heavy atom. The van der Waals surface area contributed by atoms with Gasteiger partial charge in [0.1, 0.15) is 0 Å². The smallest absolute Gasteiger partial charge is 0.0901 e. The van der Waals surface area contributed by atoms with Crippen LogP contribution in [0.3, 0.4) is 0 Å². The van der Waals surface area contributed by atoms with Crippen LogP contribution in [0.25, 0.3) is 0 Å². The quantitative estimate of drug-likeness (QED) is 0.920. The summed E-state index contributed by atoms with van der Waals surface area (Å²) in [6.07, 6.45) is 4.93. The molecule has 3 heterocycles. The normalized spacial score (nSPS) is 21.4. The summed E-state index contributed by atoms with van der Waals surface area (Å²) in [4.78, 5) is 4.05. The van der Waals surface area contributed by atoms with E-state index in [4.69, 9.17) is 4.74 Å². The molecule has 2 unspecified atom stereocenters. The van der Waals surface area contributed by atoms with Gasteiger partial charge in [-0.05, 0) is 38.0 Å². The van der Waals surface area contributed by atoms with Gasteiger partial charge in [-0.25, -0.2) is 0 Å². The summed E-state index contributed by atoms with van der Waals surface area (Å²) < 4.78 is 7.98. The summed E-state index contributed by atoms with van der Waals surface area (Å²) in [5.41, 5.74) is 4.84. The second-order valence-electron chi connectivity index (χ2n) is 6.03. The van der Waals surface area contributed by atoms with Crippen LogP contribution >= 0.6 is 0 Å². The molecule has 22 heavy (non-hydrogen) atoms. The molecule has 0 bridgehead atoms. The summed E-state index contributed by atoms with van der Waals surface area (Å²) in [6.45, 7) is 6.86. The molecule has 1 aliphatic heterocycles. The van der Waals surface area contributed by atoms with E-state index in [0.717, 1.165) is 31.8 Å². The summed E-state index contributed by atoms with van der Waals surface area (Å²) in [5.74, 6) is 0.503. The zero-order chi connectivity index (χ0) is 15.5. The molecule has 5 heteroatoms. The van der Waals surface area contributed by atoms with Gasteiger partial charge in [0.15, 0.2) is 0 Å². The first-order chi connectivity index (χ1) is 10.7. The molecule has 0 spiro atoms. The van der Waals surface area contributed by atoms with E-state index in [9.17, 15) is 0 Å². The minimum Gasteiger partial charge on any atom is -0.373 e. The maximum Gasteiger partial charge on any atom is 0.0901 e. The van der Waals surface area contributed by atoms with Gasteiger partial charge in [-0.2, -0.15) is 5.10 Å². The highest BCUT2D eigenvalue weighted by atomic mass is 16.5. The van der Waals surface area contributed by atoms with E-state index in [1.807, 2.05) is 36.3 Å². The maximum absolute atomic E-state index is 6.03. The van der Waals surface area contributed by atoms with Gasteiger partial charge in [0.05, 0.1) is 11.8 Å². The molecule has 0 aromatic carbocycles. The Morgan fingerprint density at radius 2 is 2.09 bits per heavy atom. The van der Waals surface area contributed by atoms with Crippen molar-refractivity contribution in [1.82, 2.24) is 20.1 Å². The van der Waals surface area contributed by atoms with E-state index >= 15 is 0 Å².